The molecule has 0 amide bonds. The monoisotopic (exact) mass is 508 g/mol. The van der Waals surface area contributed by atoms with Crippen molar-refractivity contribution in [2.24, 2.45) is 22.7 Å². The summed E-state index contributed by atoms with van der Waals surface area (Å²) in [6, 6.07) is 0. The van der Waals surface area contributed by atoms with Gasteiger partial charge in [0.1, 0.15) is 0 Å². The molecule has 2 aliphatic carbocycles. The van der Waals surface area contributed by atoms with E-state index in [1.165, 1.54) is 0 Å². The van der Waals surface area contributed by atoms with E-state index < -0.39 is 35.6 Å². The lowest BCUT2D eigenvalue weighted by Crippen LogP contribution is -2.55. The largest absolute Gasteiger partial charge is 0.438 e. The van der Waals surface area contributed by atoms with Gasteiger partial charge in [-0.25, -0.2) is 0 Å². The van der Waals surface area contributed by atoms with Crippen molar-refractivity contribution < 1.29 is 41.7 Å². The molecule has 5 atom stereocenters. The molecule has 3 nitrogen and oxygen atoms in total. The number of aliphatic hydroxyl groups is 3. The molecule has 0 aliphatic heterocycles. The minimum Gasteiger partial charge on any atom is -0.393 e. The van der Waals surface area contributed by atoms with Gasteiger partial charge >= 0.3 is 18.0 Å². The zero-order chi connectivity index (χ0) is 27.0. The summed E-state index contributed by atoms with van der Waals surface area (Å²) in [6.45, 7) is 11.6. The third-order valence-corrected chi connectivity index (χ3v) is 8.37. The molecule has 2 rings (SSSR count). The Kier molecular flexibility index (Phi) is 8.38. The van der Waals surface area contributed by atoms with Crippen molar-refractivity contribution in [3.05, 3.63) is 36.0 Å². The molecule has 35 heavy (non-hydrogen) atoms. The predicted molar refractivity (Wildman–Crippen MR) is 121 cm³/mol. The topological polar surface area (TPSA) is 60.7 Å². The first kappa shape index (κ1) is 29.5. The molecular weight excluding hydrogens is 474 g/mol. The summed E-state index contributed by atoms with van der Waals surface area (Å²) in [5, 5.41) is 29.1. The Morgan fingerprint density at radius 1 is 1.11 bits per heavy atom. The van der Waals surface area contributed by atoms with Crippen LogP contribution in [0.2, 0.25) is 0 Å². The van der Waals surface area contributed by atoms with E-state index in [4.69, 9.17) is 0 Å². The van der Waals surface area contributed by atoms with Crippen molar-refractivity contribution in [2.75, 3.05) is 0 Å². The van der Waals surface area contributed by atoms with E-state index in [0.717, 1.165) is 17.9 Å². The lowest BCUT2D eigenvalue weighted by atomic mass is 9.59. The first-order valence-electron chi connectivity index (χ1n) is 11.6. The zero-order valence-corrected chi connectivity index (χ0v) is 20.4. The summed E-state index contributed by atoms with van der Waals surface area (Å²) in [4.78, 5) is 0. The summed E-state index contributed by atoms with van der Waals surface area (Å²) in [6.07, 6.45) is -5.82. The minimum absolute atomic E-state index is 0.0775. The van der Waals surface area contributed by atoms with E-state index in [1.54, 1.807) is 6.92 Å². The fourth-order valence-electron chi connectivity index (χ4n) is 5.20. The van der Waals surface area contributed by atoms with Gasteiger partial charge in [-0.05, 0) is 59.0 Å². The molecule has 0 aromatic carbocycles. The van der Waals surface area contributed by atoms with Crippen LogP contribution >= 0.6 is 0 Å². The van der Waals surface area contributed by atoms with E-state index in [9.17, 15) is 41.7 Å². The minimum atomic E-state index is -5.96. The molecule has 0 radical (unpaired) electrons. The normalized spacial score (nSPS) is 32.1. The smallest absolute Gasteiger partial charge is 0.393 e. The van der Waals surface area contributed by atoms with E-state index in [1.807, 2.05) is 44.9 Å². The second-order valence-corrected chi connectivity index (χ2v) is 10.6. The molecule has 0 saturated heterocycles. The van der Waals surface area contributed by atoms with Crippen LogP contribution < -0.4 is 0 Å². The summed E-state index contributed by atoms with van der Waals surface area (Å²) < 4.78 is 77.3. The number of allylic oxidation sites excluding steroid dienone is 3. The Hall–Kier alpha value is -1.76. The van der Waals surface area contributed by atoms with Crippen LogP contribution in [-0.4, -0.2) is 45.5 Å². The molecule has 198 valence electrons. The van der Waals surface area contributed by atoms with Crippen LogP contribution in [0.4, 0.5) is 26.3 Å². The van der Waals surface area contributed by atoms with Crippen LogP contribution in [0.3, 0.4) is 0 Å². The highest BCUT2D eigenvalue weighted by molar-refractivity contribution is 5.37. The Labute approximate surface area is 202 Å². The molecule has 0 bridgehead atoms. The predicted octanol–water partition coefficient (Wildman–Crippen LogP) is 5.87. The standard InChI is InChI=1S/C26H34F6O3/c1-16(8-7-12-24(35,25(27,28)29)26(30,31)32)23(5)13-11-19(22(23,3)4)10-6-9-18-14-20(33)15-21(34)17(18)2/h6,9-10,16,19-21,33-35H,2,8,11,13-15H2,1,3-5H3/t16-,19+,20+,21-,23+/m0/s1. The van der Waals surface area contributed by atoms with Crippen molar-refractivity contribution in [1.29, 1.82) is 0 Å². The fraction of sp³-hybridized carbons (Fsp3) is 0.692. The van der Waals surface area contributed by atoms with E-state index in [-0.39, 0.29) is 30.1 Å². The molecule has 3 N–H and O–H groups in total. The quantitative estimate of drug-likeness (QED) is 0.329. The first-order chi connectivity index (χ1) is 15.8. The molecule has 0 aromatic rings. The Balaban J connectivity index is 2.18. The van der Waals surface area contributed by atoms with Crippen LogP contribution in [0.25, 0.3) is 0 Å². The van der Waals surface area contributed by atoms with Crippen LogP contribution in [0.15, 0.2) is 36.0 Å². The second kappa shape index (κ2) is 9.95. The zero-order valence-electron chi connectivity index (χ0n) is 20.4. The van der Waals surface area contributed by atoms with Crippen molar-refractivity contribution >= 4 is 0 Å². The fourth-order valence-corrected chi connectivity index (χ4v) is 5.20. The van der Waals surface area contributed by atoms with Gasteiger partial charge < -0.3 is 15.3 Å². The second-order valence-electron chi connectivity index (χ2n) is 10.6. The van der Waals surface area contributed by atoms with Crippen molar-refractivity contribution in [1.82, 2.24) is 0 Å². The number of halogens is 6. The summed E-state index contributed by atoms with van der Waals surface area (Å²) in [7, 11) is 0. The SMILES string of the molecule is C=C1C(=CC=C[C@@H]2CC[C@](C)([C@@H](C)CC#CC(O)(C(F)(F)F)C(F)(F)F)C2(C)C)C[C@@H](O)C[C@@H]1O. The Morgan fingerprint density at radius 3 is 2.23 bits per heavy atom. The Bertz CT molecular complexity index is 904. The molecule has 0 spiro atoms. The third kappa shape index (κ3) is 5.65. The van der Waals surface area contributed by atoms with Crippen molar-refractivity contribution in [2.45, 2.75) is 90.0 Å². The highest BCUT2D eigenvalue weighted by Crippen LogP contribution is 2.60. The highest BCUT2D eigenvalue weighted by atomic mass is 19.4. The van der Waals surface area contributed by atoms with Gasteiger partial charge in [0.05, 0.1) is 12.2 Å². The van der Waals surface area contributed by atoms with E-state index in [2.05, 4.69) is 6.58 Å². The Morgan fingerprint density at radius 2 is 1.69 bits per heavy atom. The molecular formula is C26H34F6O3. The number of aliphatic hydroxyl groups excluding tert-OH is 2. The average molecular weight is 509 g/mol. The maximum atomic E-state index is 12.9. The van der Waals surface area contributed by atoms with Gasteiger partial charge in [-0.3, -0.25) is 0 Å². The number of alkyl halides is 6. The highest BCUT2D eigenvalue weighted by Gasteiger charge is 2.70. The van der Waals surface area contributed by atoms with Gasteiger partial charge in [0, 0.05) is 12.8 Å². The third-order valence-electron chi connectivity index (χ3n) is 8.37. The van der Waals surface area contributed by atoms with Gasteiger partial charge in [0.2, 0.25) is 0 Å². The average Bonchev–Trinajstić information content (AvgIpc) is 2.93. The van der Waals surface area contributed by atoms with Crippen LogP contribution in [0, 0.1) is 34.5 Å². The van der Waals surface area contributed by atoms with Crippen LogP contribution in [-0.2, 0) is 0 Å². The van der Waals surface area contributed by atoms with Crippen LogP contribution in [0.5, 0.6) is 0 Å². The number of hydrogen-bond acceptors (Lipinski definition) is 3. The summed E-state index contributed by atoms with van der Waals surface area (Å²) >= 11 is 0. The maximum absolute atomic E-state index is 12.9. The van der Waals surface area contributed by atoms with Gasteiger partial charge in [-0.2, -0.15) is 26.3 Å². The van der Waals surface area contributed by atoms with E-state index in [0.29, 0.717) is 18.4 Å². The molecule has 0 aromatic heterocycles. The maximum Gasteiger partial charge on any atom is 0.438 e. The van der Waals surface area contributed by atoms with Gasteiger partial charge in [0.15, 0.2) is 0 Å². The van der Waals surface area contributed by atoms with Gasteiger partial charge in [0.25, 0.3) is 0 Å². The molecule has 9 heteroatoms. The molecule has 0 unspecified atom stereocenters. The lowest BCUT2D eigenvalue weighted by molar-refractivity contribution is -0.343. The molecule has 0 heterocycles. The van der Waals surface area contributed by atoms with Crippen molar-refractivity contribution in [3.63, 3.8) is 0 Å². The first-order valence-corrected chi connectivity index (χ1v) is 11.6. The number of rotatable bonds is 4. The van der Waals surface area contributed by atoms with E-state index >= 15 is 0 Å². The summed E-state index contributed by atoms with van der Waals surface area (Å²) in [5.74, 6) is 2.76. The lowest BCUT2D eigenvalue weighted by Gasteiger charge is -2.45. The molecule has 2 fully saturated rings. The summed E-state index contributed by atoms with van der Waals surface area (Å²) in [5.41, 5.74) is -4.51. The molecule has 2 saturated carbocycles. The van der Waals surface area contributed by atoms with Gasteiger partial charge in [-0.1, -0.05) is 58.4 Å². The van der Waals surface area contributed by atoms with Crippen LogP contribution in [0.1, 0.15) is 59.8 Å². The van der Waals surface area contributed by atoms with Gasteiger partial charge in [-0.15, -0.1) is 0 Å². The molecule has 2 aliphatic rings. The van der Waals surface area contributed by atoms with Crippen molar-refractivity contribution in [3.8, 4) is 11.8 Å². The number of hydrogen-bond donors (Lipinski definition) is 3.